The lowest BCUT2D eigenvalue weighted by molar-refractivity contribution is -0.138. The Kier molecular flexibility index (Phi) is 8.23. The van der Waals surface area contributed by atoms with Gasteiger partial charge in [0.2, 0.25) is 5.91 Å². The maximum atomic E-state index is 13.7. The molecular formula is C33H34F3N3O4. The van der Waals surface area contributed by atoms with Crippen LogP contribution in [0.1, 0.15) is 73.9 Å². The average Bonchev–Trinajstić information content (AvgIpc) is 3.67. The topological polar surface area (TPSA) is 87.7 Å². The molecule has 43 heavy (non-hydrogen) atoms. The van der Waals surface area contributed by atoms with Crippen LogP contribution in [0.2, 0.25) is 0 Å². The van der Waals surface area contributed by atoms with Gasteiger partial charge in [-0.25, -0.2) is 9.59 Å². The lowest BCUT2D eigenvalue weighted by Crippen LogP contribution is -2.45. The number of rotatable bonds is 6. The Balaban J connectivity index is 1.20. The number of urea groups is 1. The van der Waals surface area contributed by atoms with Crippen LogP contribution in [-0.4, -0.2) is 41.0 Å². The molecule has 2 aliphatic rings. The fourth-order valence-corrected chi connectivity index (χ4v) is 5.21. The Bertz CT molecular complexity index is 1510. The van der Waals surface area contributed by atoms with Gasteiger partial charge >= 0.3 is 18.2 Å². The lowest BCUT2D eigenvalue weighted by atomic mass is 10.0. The number of nitrogens with one attached hydrogen (secondary N) is 2. The zero-order chi connectivity index (χ0) is 30.9. The van der Waals surface area contributed by atoms with Gasteiger partial charge in [0.15, 0.2) is 0 Å². The quantitative estimate of drug-likeness (QED) is 0.285. The fraction of sp³-hybridized carbons (Fsp3) is 0.364. The number of likely N-dealkylation sites (tertiary alicyclic amines) is 1. The van der Waals surface area contributed by atoms with Crippen molar-refractivity contribution in [3.63, 3.8) is 0 Å². The number of halogens is 3. The Morgan fingerprint density at radius 2 is 1.42 bits per heavy atom. The second-order valence-corrected chi connectivity index (χ2v) is 12.0. The van der Waals surface area contributed by atoms with Crippen molar-refractivity contribution in [3.8, 4) is 11.1 Å². The van der Waals surface area contributed by atoms with Gasteiger partial charge in [0, 0.05) is 17.9 Å². The summed E-state index contributed by atoms with van der Waals surface area (Å²) in [6.07, 6.45) is -2.03. The second-order valence-electron chi connectivity index (χ2n) is 12.0. The molecule has 3 aromatic carbocycles. The number of benzene rings is 3. The van der Waals surface area contributed by atoms with Gasteiger partial charge in [0.25, 0.3) is 0 Å². The first-order valence-electron chi connectivity index (χ1n) is 14.3. The largest absolute Gasteiger partial charge is 0.456 e. The van der Waals surface area contributed by atoms with E-state index in [2.05, 4.69) is 10.6 Å². The first-order valence-corrected chi connectivity index (χ1v) is 14.3. The minimum absolute atomic E-state index is 0.0440. The number of nitrogens with zero attached hydrogens (tertiary/aromatic N) is 1. The third kappa shape index (κ3) is 7.36. The van der Waals surface area contributed by atoms with Crippen molar-refractivity contribution in [1.82, 2.24) is 4.90 Å². The normalized spacial score (nSPS) is 17.0. The van der Waals surface area contributed by atoms with Crippen molar-refractivity contribution < 1.29 is 32.3 Å². The summed E-state index contributed by atoms with van der Waals surface area (Å²) in [5.74, 6) is -0.863. The molecular weight excluding hydrogens is 559 g/mol. The minimum atomic E-state index is -4.52. The van der Waals surface area contributed by atoms with Gasteiger partial charge in [0.1, 0.15) is 11.6 Å². The summed E-state index contributed by atoms with van der Waals surface area (Å²) in [6, 6.07) is 16.7. The summed E-state index contributed by atoms with van der Waals surface area (Å²) in [4.78, 5) is 39.8. The molecule has 1 aliphatic heterocycles. The standard InChI is InChI=1S/C33H34F3N3O4/c1-32(2,3)43-30(41)23-10-6-20(7-11-23)21-12-14-24(15-13-21)37-29(40)28-5-4-18-39(28)31(42)38-25-16-17-26(22-8-9-22)27(19-25)33(34,35)36/h6-7,10-17,19,22,28H,4-5,8-9,18H2,1-3H3,(H,37,40)(H,38,42)/t28-/m1/s1. The zero-order valence-corrected chi connectivity index (χ0v) is 24.3. The summed E-state index contributed by atoms with van der Waals surface area (Å²) < 4.78 is 46.4. The summed E-state index contributed by atoms with van der Waals surface area (Å²) in [5.41, 5.74) is 1.73. The van der Waals surface area contributed by atoms with Crippen molar-refractivity contribution in [3.05, 3.63) is 83.4 Å². The Morgan fingerprint density at radius 3 is 2.00 bits per heavy atom. The third-order valence-corrected chi connectivity index (χ3v) is 7.45. The van der Waals surface area contributed by atoms with Crippen LogP contribution >= 0.6 is 0 Å². The van der Waals surface area contributed by atoms with Crippen LogP contribution in [0.3, 0.4) is 0 Å². The van der Waals surface area contributed by atoms with Crippen LogP contribution in [0.5, 0.6) is 0 Å². The van der Waals surface area contributed by atoms with E-state index in [1.807, 2.05) is 45.0 Å². The van der Waals surface area contributed by atoms with E-state index in [-0.39, 0.29) is 23.1 Å². The first kappa shape index (κ1) is 30.1. The summed E-state index contributed by atoms with van der Waals surface area (Å²) in [5, 5.41) is 5.40. The zero-order valence-electron chi connectivity index (χ0n) is 24.3. The van der Waals surface area contributed by atoms with Gasteiger partial charge in [-0.05, 0) is 105 Å². The number of carbonyl (C=O) groups is 3. The molecule has 7 nitrogen and oxygen atoms in total. The second kappa shape index (κ2) is 11.7. The van der Waals surface area contributed by atoms with Crippen LogP contribution in [0.15, 0.2) is 66.7 Å². The molecule has 1 atom stereocenters. The number of amides is 3. The Labute approximate surface area is 248 Å². The highest BCUT2D eigenvalue weighted by atomic mass is 19.4. The fourth-order valence-electron chi connectivity index (χ4n) is 5.21. The van der Waals surface area contributed by atoms with Crippen molar-refractivity contribution >= 4 is 29.3 Å². The lowest BCUT2D eigenvalue weighted by Gasteiger charge is -2.24. The third-order valence-electron chi connectivity index (χ3n) is 7.45. The van der Waals surface area contributed by atoms with E-state index in [1.54, 1.807) is 24.3 Å². The molecule has 3 aromatic rings. The predicted molar refractivity (Wildman–Crippen MR) is 158 cm³/mol. The minimum Gasteiger partial charge on any atom is -0.456 e. The maximum absolute atomic E-state index is 13.7. The molecule has 0 aromatic heterocycles. The number of anilines is 2. The molecule has 1 saturated carbocycles. The van der Waals surface area contributed by atoms with Crippen molar-refractivity contribution in [2.75, 3.05) is 17.2 Å². The van der Waals surface area contributed by atoms with Crippen LogP contribution < -0.4 is 10.6 Å². The summed E-state index contributed by atoms with van der Waals surface area (Å²) in [6.45, 7) is 5.74. The Morgan fingerprint density at radius 1 is 0.814 bits per heavy atom. The molecule has 1 saturated heterocycles. The number of alkyl halides is 3. The van der Waals surface area contributed by atoms with Crippen molar-refractivity contribution in [2.24, 2.45) is 0 Å². The molecule has 0 radical (unpaired) electrons. The molecule has 226 valence electrons. The molecule has 0 bridgehead atoms. The average molecular weight is 594 g/mol. The molecule has 2 fully saturated rings. The molecule has 3 amide bonds. The molecule has 1 heterocycles. The monoisotopic (exact) mass is 593 g/mol. The highest BCUT2D eigenvalue weighted by Crippen LogP contribution is 2.46. The van der Waals surface area contributed by atoms with Gasteiger partial charge < -0.3 is 20.3 Å². The molecule has 0 spiro atoms. The number of ether oxygens (including phenoxy) is 1. The predicted octanol–water partition coefficient (Wildman–Crippen LogP) is 7.84. The summed E-state index contributed by atoms with van der Waals surface area (Å²) >= 11 is 0. The Hall–Kier alpha value is -4.34. The van der Waals surface area contributed by atoms with E-state index in [9.17, 15) is 27.6 Å². The van der Waals surface area contributed by atoms with E-state index in [4.69, 9.17) is 4.74 Å². The number of esters is 1. The van der Waals surface area contributed by atoms with Gasteiger partial charge in [-0.3, -0.25) is 4.79 Å². The molecule has 1 aliphatic carbocycles. The van der Waals surface area contributed by atoms with Crippen LogP contribution in [0.4, 0.5) is 29.3 Å². The molecule has 2 N–H and O–H groups in total. The van der Waals surface area contributed by atoms with Gasteiger partial charge in [-0.2, -0.15) is 13.2 Å². The number of hydrogen-bond donors (Lipinski definition) is 2. The van der Waals surface area contributed by atoms with Crippen molar-refractivity contribution in [2.45, 2.75) is 70.2 Å². The maximum Gasteiger partial charge on any atom is 0.416 e. The van der Waals surface area contributed by atoms with Gasteiger partial charge in [-0.1, -0.05) is 30.3 Å². The molecule has 10 heteroatoms. The highest BCUT2D eigenvalue weighted by molar-refractivity contribution is 5.99. The van der Waals surface area contributed by atoms with Crippen LogP contribution in [0.25, 0.3) is 11.1 Å². The van der Waals surface area contributed by atoms with E-state index >= 15 is 0 Å². The van der Waals surface area contributed by atoms with Gasteiger partial charge in [0.05, 0.1) is 11.1 Å². The highest BCUT2D eigenvalue weighted by Gasteiger charge is 2.39. The van der Waals surface area contributed by atoms with Crippen LogP contribution in [0, 0.1) is 0 Å². The SMILES string of the molecule is CC(C)(C)OC(=O)c1ccc(-c2ccc(NC(=O)[C@H]3CCCN3C(=O)Nc3ccc(C4CC4)c(C(F)(F)F)c3)cc2)cc1. The van der Waals surface area contributed by atoms with E-state index in [1.165, 1.54) is 17.0 Å². The van der Waals surface area contributed by atoms with Crippen molar-refractivity contribution in [1.29, 1.82) is 0 Å². The molecule has 0 unspecified atom stereocenters. The van der Waals surface area contributed by atoms with Gasteiger partial charge in [-0.15, -0.1) is 0 Å². The van der Waals surface area contributed by atoms with E-state index < -0.39 is 35.4 Å². The van der Waals surface area contributed by atoms with Crippen LogP contribution in [-0.2, 0) is 15.7 Å². The number of carbonyl (C=O) groups excluding carboxylic acids is 3. The number of hydrogen-bond acceptors (Lipinski definition) is 4. The molecule has 5 rings (SSSR count). The smallest absolute Gasteiger partial charge is 0.416 e. The first-order chi connectivity index (χ1) is 20.3. The van der Waals surface area contributed by atoms with E-state index in [0.29, 0.717) is 30.6 Å². The van der Waals surface area contributed by atoms with E-state index in [0.717, 1.165) is 30.0 Å². The summed E-state index contributed by atoms with van der Waals surface area (Å²) in [7, 11) is 0.